The van der Waals surface area contributed by atoms with Crippen LogP contribution in [-0.4, -0.2) is 12.8 Å². The summed E-state index contributed by atoms with van der Waals surface area (Å²) in [5.74, 6) is 5.90. The zero-order chi connectivity index (χ0) is 10.2. The van der Waals surface area contributed by atoms with Crippen LogP contribution < -0.4 is 0 Å². The Kier molecular flexibility index (Phi) is 4.82. The fourth-order valence-electron chi connectivity index (χ4n) is 0.926. The maximum Gasteiger partial charge on any atom is 0.0997 e. The van der Waals surface area contributed by atoms with Gasteiger partial charge in [-0.1, -0.05) is 36.6 Å². The number of rotatable bonds is 2. The lowest BCUT2D eigenvalue weighted by atomic mass is 10.2. The Hall–Kier alpha value is -1.26. The van der Waals surface area contributed by atoms with Gasteiger partial charge in [0.1, 0.15) is 0 Å². The van der Waals surface area contributed by atoms with Crippen LogP contribution in [0, 0.1) is 11.8 Å². The summed E-state index contributed by atoms with van der Waals surface area (Å²) in [4.78, 5) is 4.17. The molecule has 0 fully saturated rings. The first-order valence-electron chi connectivity index (χ1n) is 4.54. The van der Waals surface area contributed by atoms with E-state index in [9.17, 15) is 0 Å². The van der Waals surface area contributed by atoms with Gasteiger partial charge in [-0.3, -0.25) is 4.99 Å². The van der Waals surface area contributed by atoms with E-state index in [2.05, 4.69) is 16.8 Å². The molecule has 14 heavy (non-hydrogen) atoms. The van der Waals surface area contributed by atoms with Crippen molar-refractivity contribution in [1.82, 2.24) is 0 Å². The molecule has 0 aliphatic carbocycles. The van der Waals surface area contributed by atoms with Gasteiger partial charge in [0.05, 0.1) is 6.54 Å². The highest BCUT2D eigenvalue weighted by Gasteiger charge is 1.86. The van der Waals surface area contributed by atoms with Crippen LogP contribution in [0.2, 0.25) is 5.02 Å². The van der Waals surface area contributed by atoms with Crippen molar-refractivity contribution in [1.29, 1.82) is 0 Å². The molecule has 0 radical (unpaired) electrons. The zero-order valence-corrected chi connectivity index (χ0v) is 8.88. The maximum atomic E-state index is 5.75. The van der Waals surface area contributed by atoms with Crippen LogP contribution in [-0.2, 0) is 0 Å². The Morgan fingerprint density at radius 3 is 2.64 bits per heavy atom. The van der Waals surface area contributed by atoms with Crippen LogP contribution in [0.15, 0.2) is 29.3 Å². The average molecular weight is 206 g/mol. The van der Waals surface area contributed by atoms with Gasteiger partial charge in [-0.05, 0) is 17.7 Å². The molecule has 0 aliphatic rings. The molecular weight excluding hydrogens is 194 g/mol. The predicted molar refractivity (Wildman–Crippen MR) is 62.0 cm³/mol. The molecule has 0 aromatic heterocycles. The number of halogens is 1. The minimum atomic E-state index is 0.566. The first-order chi connectivity index (χ1) is 6.83. The van der Waals surface area contributed by atoms with Gasteiger partial charge in [-0.15, -0.1) is 5.92 Å². The molecule has 0 unspecified atom stereocenters. The van der Waals surface area contributed by atoms with Crippen LogP contribution in [0.25, 0.3) is 0 Å². The molecule has 0 amide bonds. The third kappa shape index (κ3) is 4.11. The highest BCUT2D eigenvalue weighted by Crippen LogP contribution is 2.07. The molecule has 1 nitrogen and oxygen atoms in total. The summed E-state index contributed by atoms with van der Waals surface area (Å²) >= 11 is 5.75. The summed E-state index contributed by atoms with van der Waals surface area (Å²) in [5, 5.41) is 0.743. The molecule has 2 heteroatoms. The lowest BCUT2D eigenvalue weighted by Gasteiger charge is -1.91. The van der Waals surface area contributed by atoms with E-state index in [-0.39, 0.29) is 0 Å². The Morgan fingerprint density at radius 2 is 2.00 bits per heavy atom. The van der Waals surface area contributed by atoms with Gasteiger partial charge < -0.3 is 0 Å². The molecule has 1 rings (SSSR count). The molecule has 0 atom stereocenters. The predicted octanol–water partition coefficient (Wildman–Crippen LogP) is 3.17. The van der Waals surface area contributed by atoms with E-state index in [0.717, 1.165) is 17.0 Å². The fourth-order valence-corrected chi connectivity index (χ4v) is 1.05. The van der Waals surface area contributed by atoms with Gasteiger partial charge in [-0.25, -0.2) is 0 Å². The van der Waals surface area contributed by atoms with Crippen molar-refractivity contribution in [3.8, 4) is 11.8 Å². The Bertz CT molecular complexity index is 354. The van der Waals surface area contributed by atoms with E-state index in [1.807, 2.05) is 31.2 Å². The van der Waals surface area contributed by atoms with Crippen molar-refractivity contribution >= 4 is 17.8 Å². The number of hydrogen-bond acceptors (Lipinski definition) is 1. The van der Waals surface area contributed by atoms with Crippen LogP contribution in [0.5, 0.6) is 0 Å². The maximum absolute atomic E-state index is 5.75. The summed E-state index contributed by atoms with van der Waals surface area (Å²) in [7, 11) is 0. The summed E-state index contributed by atoms with van der Waals surface area (Å²) < 4.78 is 0. The monoisotopic (exact) mass is 205 g/mol. The Balaban J connectivity index is 2.48. The van der Waals surface area contributed by atoms with Gasteiger partial charge in [0.15, 0.2) is 0 Å². The third-order valence-corrected chi connectivity index (χ3v) is 1.83. The molecule has 72 valence electrons. The third-order valence-electron chi connectivity index (χ3n) is 1.58. The van der Waals surface area contributed by atoms with Crippen molar-refractivity contribution < 1.29 is 0 Å². The van der Waals surface area contributed by atoms with Gasteiger partial charge in [0.25, 0.3) is 0 Å². The molecule has 0 saturated heterocycles. The molecular formula is C12H12ClN. The Morgan fingerprint density at radius 1 is 1.29 bits per heavy atom. The fraction of sp³-hybridized carbons (Fsp3) is 0.250. The van der Waals surface area contributed by atoms with Gasteiger partial charge in [-0.2, -0.15) is 0 Å². The van der Waals surface area contributed by atoms with Gasteiger partial charge >= 0.3 is 0 Å². The quantitative estimate of drug-likeness (QED) is 0.520. The molecule has 0 bridgehead atoms. The average Bonchev–Trinajstić information content (AvgIpc) is 2.21. The van der Waals surface area contributed by atoms with Crippen molar-refractivity contribution in [2.75, 3.05) is 6.54 Å². The summed E-state index contributed by atoms with van der Waals surface area (Å²) in [5.41, 5.74) is 1.05. The molecule has 0 heterocycles. The second-order valence-corrected chi connectivity index (χ2v) is 3.16. The standard InChI is InChI=1S/C12H12ClN/c1-2-3-4-9-14-10-11-5-7-12(13)8-6-11/h5-8,10H,2,9H2,1H3. The van der Waals surface area contributed by atoms with Crippen LogP contribution in [0.1, 0.15) is 18.9 Å². The topological polar surface area (TPSA) is 12.4 Å². The van der Waals surface area contributed by atoms with Crippen LogP contribution in [0.3, 0.4) is 0 Å². The lowest BCUT2D eigenvalue weighted by Crippen LogP contribution is -1.81. The van der Waals surface area contributed by atoms with E-state index in [4.69, 9.17) is 11.6 Å². The van der Waals surface area contributed by atoms with E-state index >= 15 is 0 Å². The van der Waals surface area contributed by atoms with E-state index in [1.165, 1.54) is 0 Å². The van der Waals surface area contributed by atoms with E-state index in [1.54, 1.807) is 6.21 Å². The SMILES string of the molecule is CCC#CCN=Cc1ccc(Cl)cc1. The van der Waals surface area contributed by atoms with E-state index in [0.29, 0.717) is 6.54 Å². The van der Waals surface area contributed by atoms with Gasteiger partial charge in [0, 0.05) is 17.7 Å². The normalized spacial score (nSPS) is 9.86. The summed E-state index contributed by atoms with van der Waals surface area (Å²) in [6, 6.07) is 7.55. The number of nitrogens with zero attached hydrogens (tertiary/aromatic N) is 1. The summed E-state index contributed by atoms with van der Waals surface area (Å²) in [6.45, 7) is 2.59. The highest BCUT2D eigenvalue weighted by atomic mass is 35.5. The van der Waals surface area contributed by atoms with Crippen molar-refractivity contribution in [3.63, 3.8) is 0 Å². The Labute approximate surface area is 89.8 Å². The largest absolute Gasteiger partial charge is 0.280 e. The minimum Gasteiger partial charge on any atom is -0.280 e. The van der Waals surface area contributed by atoms with Crippen molar-refractivity contribution in [2.24, 2.45) is 4.99 Å². The zero-order valence-electron chi connectivity index (χ0n) is 8.13. The number of hydrogen-bond donors (Lipinski definition) is 0. The number of benzene rings is 1. The molecule has 0 N–H and O–H groups in total. The molecule has 0 aliphatic heterocycles. The van der Waals surface area contributed by atoms with Crippen LogP contribution >= 0.6 is 11.6 Å². The summed E-state index contributed by atoms with van der Waals surface area (Å²) in [6.07, 6.45) is 2.69. The van der Waals surface area contributed by atoms with E-state index < -0.39 is 0 Å². The second-order valence-electron chi connectivity index (χ2n) is 2.73. The smallest absolute Gasteiger partial charge is 0.0997 e. The van der Waals surface area contributed by atoms with Crippen LogP contribution in [0.4, 0.5) is 0 Å². The van der Waals surface area contributed by atoms with Gasteiger partial charge in [0.2, 0.25) is 0 Å². The molecule has 0 spiro atoms. The lowest BCUT2D eigenvalue weighted by molar-refractivity contribution is 1.25. The number of aliphatic imine (C=N–C) groups is 1. The molecule has 0 saturated carbocycles. The van der Waals surface area contributed by atoms with Crippen molar-refractivity contribution in [3.05, 3.63) is 34.9 Å². The molecule has 1 aromatic carbocycles. The first-order valence-corrected chi connectivity index (χ1v) is 4.92. The molecule has 1 aromatic rings. The minimum absolute atomic E-state index is 0.566. The second kappa shape index (κ2) is 6.23. The first kappa shape index (κ1) is 10.8. The van der Waals surface area contributed by atoms with Crippen molar-refractivity contribution in [2.45, 2.75) is 13.3 Å². The highest BCUT2D eigenvalue weighted by molar-refractivity contribution is 6.30.